The minimum atomic E-state index is -1.77. The largest absolute Gasteiger partial charge is 0.497 e. The van der Waals surface area contributed by atoms with Gasteiger partial charge in [-0.15, -0.1) is 0 Å². The highest BCUT2D eigenvalue weighted by Crippen LogP contribution is 2.26. The second-order valence-electron chi connectivity index (χ2n) is 9.08. The lowest BCUT2D eigenvalue weighted by atomic mass is 9.86. The fraction of sp³-hybridized carbons (Fsp3) is 0.464. The average Bonchev–Trinajstić information content (AvgIpc) is 2.96. The van der Waals surface area contributed by atoms with Gasteiger partial charge in [0.2, 0.25) is 5.91 Å². The van der Waals surface area contributed by atoms with Crippen LogP contribution in [-0.4, -0.2) is 79.8 Å². The predicted molar refractivity (Wildman–Crippen MR) is 151 cm³/mol. The van der Waals surface area contributed by atoms with Crippen LogP contribution in [0.2, 0.25) is 0 Å². The van der Waals surface area contributed by atoms with E-state index in [1.165, 1.54) is 5.48 Å². The van der Waals surface area contributed by atoms with Crippen LogP contribution in [0, 0.1) is 5.92 Å². The van der Waals surface area contributed by atoms with E-state index in [9.17, 15) is 14.7 Å². The van der Waals surface area contributed by atoms with Gasteiger partial charge in [0.15, 0.2) is 0 Å². The van der Waals surface area contributed by atoms with E-state index in [2.05, 4.69) is 10.6 Å². The van der Waals surface area contributed by atoms with Crippen LogP contribution in [-0.2, 0) is 25.5 Å². The van der Waals surface area contributed by atoms with Gasteiger partial charge in [-0.3, -0.25) is 14.8 Å². The van der Waals surface area contributed by atoms with Crippen LogP contribution in [0.3, 0.4) is 0 Å². The molecule has 11 heteroatoms. The first-order valence-corrected chi connectivity index (χ1v) is 13.2. The Kier molecular flexibility index (Phi) is 14.4. The lowest BCUT2D eigenvalue weighted by molar-refractivity contribution is -0.146. The summed E-state index contributed by atoms with van der Waals surface area (Å²) >= 11 is 5.62. The molecule has 0 fully saturated rings. The summed E-state index contributed by atoms with van der Waals surface area (Å²) in [6.07, 6.45) is -1.25. The zero-order valence-electron chi connectivity index (χ0n) is 22.6. The summed E-state index contributed by atoms with van der Waals surface area (Å²) in [6, 6.07) is 16.2. The monoisotopic (exact) mass is 561 g/mol. The average molecular weight is 562 g/mol. The van der Waals surface area contributed by atoms with Crippen LogP contribution >= 0.6 is 12.2 Å². The Morgan fingerprint density at radius 2 is 1.67 bits per heavy atom. The Hall–Kier alpha value is -3.09. The first-order valence-electron chi connectivity index (χ1n) is 12.7. The van der Waals surface area contributed by atoms with Gasteiger partial charge in [0.25, 0.3) is 5.91 Å². The molecule has 2 rings (SSSR count). The Morgan fingerprint density at radius 1 is 0.974 bits per heavy atom. The third-order valence-corrected chi connectivity index (χ3v) is 6.71. The molecule has 0 radical (unpaired) electrons. The van der Waals surface area contributed by atoms with Crippen molar-refractivity contribution in [2.75, 3.05) is 40.6 Å². The molecule has 4 atom stereocenters. The molecule has 0 aliphatic heterocycles. The normalized spacial score (nSPS) is 14.0. The van der Waals surface area contributed by atoms with Crippen molar-refractivity contribution in [1.29, 1.82) is 0 Å². The lowest BCUT2D eigenvalue weighted by Crippen LogP contribution is -2.52. The molecule has 0 spiro atoms. The van der Waals surface area contributed by atoms with Crippen molar-refractivity contribution >= 4 is 29.0 Å². The number of carbonyl (C=O) groups excluding carboxylic acids is 2. The van der Waals surface area contributed by atoms with Gasteiger partial charge >= 0.3 is 0 Å². The molecular weight excluding hydrogens is 522 g/mol. The number of hydrogen-bond donors (Lipinski definition) is 5. The number of carbonyl (C=O) groups is 2. The van der Waals surface area contributed by atoms with E-state index in [-0.39, 0.29) is 12.3 Å². The SMILES string of the molecule is COCCOCCNC(=S)[C@H](Cc1ccc(OC)cc1)NC(=O)[C@H](CC(C)c1ccccc1)[C@H](O)C(=O)NO. The summed E-state index contributed by atoms with van der Waals surface area (Å²) in [5.74, 6) is -2.23. The zero-order chi connectivity index (χ0) is 28.6. The molecule has 10 nitrogen and oxygen atoms in total. The third-order valence-electron chi connectivity index (χ3n) is 6.28. The molecule has 0 saturated heterocycles. The molecule has 2 amide bonds. The van der Waals surface area contributed by atoms with E-state index in [1.54, 1.807) is 14.2 Å². The number of hydroxylamine groups is 1. The number of aliphatic hydroxyl groups excluding tert-OH is 1. The van der Waals surface area contributed by atoms with Gasteiger partial charge in [0, 0.05) is 13.7 Å². The van der Waals surface area contributed by atoms with Crippen LogP contribution < -0.4 is 20.9 Å². The summed E-state index contributed by atoms with van der Waals surface area (Å²) in [5, 5.41) is 25.8. The Balaban J connectivity index is 2.20. The Labute approximate surface area is 235 Å². The number of rotatable bonds is 17. The van der Waals surface area contributed by atoms with Crippen molar-refractivity contribution in [3.05, 3.63) is 65.7 Å². The first-order chi connectivity index (χ1) is 18.8. The number of benzene rings is 2. The summed E-state index contributed by atoms with van der Waals surface area (Å²) in [5.41, 5.74) is 3.29. The third kappa shape index (κ3) is 10.9. The van der Waals surface area contributed by atoms with Gasteiger partial charge in [-0.25, -0.2) is 5.48 Å². The highest BCUT2D eigenvalue weighted by atomic mass is 32.1. The second-order valence-corrected chi connectivity index (χ2v) is 9.52. The van der Waals surface area contributed by atoms with Gasteiger partial charge in [0.05, 0.1) is 43.9 Å². The predicted octanol–water partition coefficient (Wildman–Crippen LogP) is 1.98. The number of hydrogen-bond acceptors (Lipinski definition) is 8. The second kappa shape index (κ2) is 17.5. The maximum Gasteiger partial charge on any atom is 0.272 e. The molecule has 0 aromatic heterocycles. The minimum Gasteiger partial charge on any atom is -0.497 e. The summed E-state index contributed by atoms with van der Waals surface area (Å²) in [6.45, 7) is 3.64. The zero-order valence-corrected chi connectivity index (χ0v) is 23.4. The molecule has 0 bridgehead atoms. The van der Waals surface area contributed by atoms with Crippen molar-refractivity contribution in [3.8, 4) is 5.75 Å². The van der Waals surface area contributed by atoms with Crippen LogP contribution in [0.5, 0.6) is 5.75 Å². The van der Waals surface area contributed by atoms with Gasteiger partial charge < -0.3 is 30.0 Å². The molecule has 2 aromatic carbocycles. The van der Waals surface area contributed by atoms with Crippen molar-refractivity contribution in [2.24, 2.45) is 5.92 Å². The molecule has 0 saturated carbocycles. The van der Waals surface area contributed by atoms with Crippen LogP contribution in [0.4, 0.5) is 0 Å². The van der Waals surface area contributed by atoms with Crippen molar-refractivity contribution in [3.63, 3.8) is 0 Å². The quantitative estimate of drug-likeness (QED) is 0.0849. The van der Waals surface area contributed by atoms with E-state index in [0.717, 1.165) is 11.1 Å². The van der Waals surface area contributed by atoms with E-state index < -0.39 is 29.9 Å². The molecule has 0 aliphatic carbocycles. The van der Waals surface area contributed by atoms with Gasteiger partial charge in [-0.2, -0.15) is 0 Å². The summed E-state index contributed by atoms with van der Waals surface area (Å²) < 4.78 is 15.7. The number of amides is 2. The molecule has 214 valence electrons. The number of ether oxygens (including phenoxy) is 3. The molecule has 5 N–H and O–H groups in total. The first kappa shape index (κ1) is 32.1. The van der Waals surface area contributed by atoms with Gasteiger partial charge in [-0.1, -0.05) is 61.6 Å². The smallest absolute Gasteiger partial charge is 0.272 e. The van der Waals surface area contributed by atoms with Crippen LogP contribution in [0.15, 0.2) is 54.6 Å². The number of aliphatic hydroxyl groups is 1. The van der Waals surface area contributed by atoms with E-state index in [1.807, 2.05) is 61.5 Å². The van der Waals surface area contributed by atoms with Crippen LogP contribution in [0.25, 0.3) is 0 Å². The van der Waals surface area contributed by atoms with E-state index in [0.29, 0.717) is 43.5 Å². The summed E-state index contributed by atoms with van der Waals surface area (Å²) in [4.78, 5) is 26.1. The topological polar surface area (TPSA) is 138 Å². The molecular formula is C28H39N3O7S. The van der Waals surface area contributed by atoms with Crippen molar-refractivity contribution in [2.45, 2.75) is 37.8 Å². The van der Waals surface area contributed by atoms with Crippen LogP contribution in [0.1, 0.15) is 30.4 Å². The number of methoxy groups -OCH3 is 2. The highest BCUT2D eigenvalue weighted by Gasteiger charge is 2.35. The minimum absolute atomic E-state index is 0.155. The van der Waals surface area contributed by atoms with Gasteiger partial charge in [0.1, 0.15) is 11.9 Å². The summed E-state index contributed by atoms with van der Waals surface area (Å²) in [7, 11) is 3.17. The van der Waals surface area contributed by atoms with E-state index >= 15 is 0 Å². The Bertz CT molecular complexity index is 1020. The standard InChI is InChI=1S/C28H39N3O7S/c1-19(21-7-5-4-6-8-21)17-23(25(32)27(34)31-35)26(33)30-24(18-20-9-11-22(37-3)12-10-20)28(39)29-13-14-38-16-15-36-2/h4-12,19,23-25,32,35H,13-18H2,1-3H3,(H,29,39)(H,30,33)(H,31,34)/t19?,23-,24+,25+/m1/s1. The number of thiocarbonyl (C=S) groups is 1. The van der Waals surface area contributed by atoms with Crippen molar-refractivity contribution < 1.29 is 34.1 Å². The molecule has 2 aromatic rings. The Morgan fingerprint density at radius 3 is 2.28 bits per heavy atom. The molecule has 39 heavy (non-hydrogen) atoms. The fourth-order valence-electron chi connectivity index (χ4n) is 4.03. The van der Waals surface area contributed by atoms with E-state index in [4.69, 9.17) is 31.6 Å². The maximum atomic E-state index is 13.5. The maximum absolute atomic E-state index is 13.5. The highest BCUT2D eigenvalue weighted by molar-refractivity contribution is 7.80. The molecule has 1 unspecified atom stereocenters. The fourth-order valence-corrected chi connectivity index (χ4v) is 4.27. The number of nitrogens with one attached hydrogen (secondary N) is 3. The van der Waals surface area contributed by atoms with Crippen molar-refractivity contribution in [1.82, 2.24) is 16.1 Å². The molecule has 0 heterocycles. The lowest BCUT2D eigenvalue weighted by Gasteiger charge is -2.27. The molecule has 0 aliphatic rings. The van der Waals surface area contributed by atoms with Gasteiger partial charge in [-0.05, 0) is 42.0 Å².